The molecule has 0 aliphatic carbocycles. The van der Waals surface area contributed by atoms with Gasteiger partial charge in [-0.2, -0.15) is 0 Å². The molecule has 1 aromatic rings. The van der Waals surface area contributed by atoms with Gasteiger partial charge in [0.1, 0.15) is 11.6 Å². The van der Waals surface area contributed by atoms with Gasteiger partial charge < -0.3 is 20.1 Å². The van der Waals surface area contributed by atoms with Crippen LogP contribution in [0.5, 0.6) is 0 Å². The van der Waals surface area contributed by atoms with Crippen LogP contribution in [0.3, 0.4) is 0 Å². The number of hydrogen-bond donors (Lipinski definition) is 2. The van der Waals surface area contributed by atoms with E-state index in [0.29, 0.717) is 13.0 Å². The highest BCUT2D eigenvalue weighted by molar-refractivity contribution is 8.13. The molecule has 0 spiro atoms. The standard InChI is InChI=1S/C22H32N2O6S/c1-5-29-20(27)17(24-21(28)30-22(2,3)4)15-31-19(26)12-11-18(25)23-14-13-16-9-7-6-8-10-16/h6-10,17H,5,11-15H2,1-4H3,(H,23,25)(H,24,28). The molecule has 0 radical (unpaired) electrons. The Hall–Kier alpha value is -2.55. The zero-order valence-corrected chi connectivity index (χ0v) is 19.4. The Balaban J connectivity index is 2.38. The van der Waals surface area contributed by atoms with E-state index in [4.69, 9.17) is 9.47 Å². The summed E-state index contributed by atoms with van der Waals surface area (Å²) in [5, 5.41) is 4.97. The Labute approximate surface area is 187 Å². The summed E-state index contributed by atoms with van der Waals surface area (Å²) >= 11 is 0.871. The minimum atomic E-state index is -1.02. The minimum Gasteiger partial charge on any atom is -0.464 e. The SMILES string of the molecule is CCOC(=O)C(CSC(=O)CCC(=O)NCCc1ccccc1)NC(=O)OC(C)(C)C. The summed E-state index contributed by atoms with van der Waals surface area (Å²) in [5.74, 6) is -0.863. The largest absolute Gasteiger partial charge is 0.464 e. The third kappa shape index (κ3) is 12.7. The average Bonchev–Trinajstić information content (AvgIpc) is 2.69. The highest BCUT2D eigenvalue weighted by Gasteiger charge is 2.26. The molecule has 0 saturated carbocycles. The van der Waals surface area contributed by atoms with Gasteiger partial charge in [0.15, 0.2) is 5.12 Å². The van der Waals surface area contributed by atoms with Gasteiger partial charge in [0.05, 0.1) is 6.61 Å². The van der Waals surface area contributed by atoms with Crippen molar-refractivity contribution in [3.63, 3.8) is 0 Å². The number of carbonyl (C=O) groups excluding carboxylic acids is 4. The van der Waals surface area contributed by atoms with Gasteiger partial charge in [-0.3, -0.25) is 9.59 Å². The number of ether oxygens (including phenoxy) is 2. The summed E-state index contributed by atoms with van der Waals surface area (Å²) < 4.78 is 10.1. The summed E-state index contributed by atoms with van der Waals surface area (Å²) in [6.07, 6.45) is 0.0392. The number of hydrogen-bond acceptors (Lipinski definition) is 7. The van der Waals surface area contributed by atoms with E-state index in [1.807, 2.05) is 30.3 Å². The maximum absolute atomic E-state index is 12.1. The van der Waals surface area contributed by atoms with Crippen LogP contribution in [-0.4, -0.2) is 53.6 Å². The van der Waals surface area contributed by atoms with Gasteiger partial charge in [-0.1, -0.05) is 42.1 Å². The van der Waals surface area contributed by atoms with Gasteiger partial charge >= 0.3 is 12.1 Å². The summed E-state index contributed by atoms with van der Waals surface area (Å²) in [5.41, 5.74) is 0.400. The van der Waals surface area contributed by atoms with E-state index < -0.39 is 23.7 Å². The Bertz CT molecular complexity index is 733. The number of carbonyl (C=O) groups is 4. The molecular weight excluding hydrogens is 420 g/mol. The molecule has 1 aromatic carbocycles. The normalized spacial score (nSPS) is 11.9. The van der Waals surface area contributed by atoms with Gasteiger partial charge in [0.2, 0.25) is 5.91 Å². The molecule has 1 rings (SSSR count). The fraction of sp³-hybridized carbons (Fsp3) is 0.545. The molecule has 0 aliphatic heterocycles. The summed E-state index contributed by atoms with van der Waals surface area (Å²) in [7, 11) is 0. The number of benzene rings is 1. The first-order valence-electron chi connectivity index (χ1n) is 10.2. The lowest BCUT2D eigenvalue weighted by Crippen LogP contribution is -2.46. The van der Waals surface area contributed by atoms with E-state index in [0.717, 1.165) is 17.3 Å². The Morgan fingerprint density at radius 3 is 2.35 bits per heavy atom. The van der Waals surface area contributed by atoms with Crippen molar-refractivity contribution >= 4 is 34.8 Å². The van der Waals surface area contributed by atoms with Crippen LogP contribution in [0.4, 0.5) is 4.79 Å². The third-order valence-electron chi connectivity index (χ3n) is 3.81. The van der Waals surface area contributed by atoms with Gasteiger partial charge in [-0.25, -0.2) is 9.59 Å². The first-order valence-corrected chi connectivity index (χ1v) is 11.2. The first-order chi connectivity index (χ1) is 14.6. The van der Waals surface area contributed by atoms with E-state index in [1.165, 1.54) is 0 Å². The van der Waals surface area contributed by atoms with Gasteiger partial charge in [-0.15, -0.1) is 0 Å². The van der Waals surface area contributed by atoms with Crippen LogP contribution in [-0.2, 0) is 30.3 Å². The smallest absolute Gasteiger partial charge is 0.408 e. The Morgan fingerprint density at radius 1 is 1.06 bits per heavy atom. The molecule has 0 fully saturated rings. The van der Waals surface area contributed by atoms with E-state index in [1.54, 1.807) is 27.7 Å². The number of amides is 2. The molecule has 0 aromatic heterocycles. The van der Waals surface area contributed by atoms with Crippen LogP contribution in [0.2, 0.25) is 0 Å². The van der Waals surface area contributed by atoms with Crippen molar-refractivity contribution in [2.24, 2.45) is 0 Å². The summed E-state index contributed by atoms with van der Waals surface area (Å²) in [4.78, 5) is 48.1. The topological polar surface area (TPSA) is 111 Å². The van der Waals surface area contributed by atoms with Gasteiger partial charge in [-0.05, 0) is 39.7 Å². The van der Waals surface area contributed by atoms with Gasteiger partial charge in [0, 0.05) is 25.1 Å². The average molecular weight is 453 g/mol. The molecule has 0 aliphatic rings. The van der Waals surface area contributed by atoms with Crippen molar-refractivity contribution < 1.29 is 28.7 Å². The predicted molar refractivity (Wildman–Crippen MR) is 120 cm³/mol. The van der Waals surface area contributed by atoms with Crippen molar-refractivity contribution in [2.75, 3.05) is 18.9 Å². The molecule has 2 N–H and O–H groups in total. The molecular formula is C22H32N2O6S. The van der Waals surface area contributed by atoms with Crippen molar-refractivity contribution in [2.45, 2.75) is 58.6 Å². The lowest BCUT2D eigenvalue weighted by Gasteiger charge is -2.22. The number of rotatable bonds is 11. The monoisotopic (exact) mass is 452 g/mol. The second kappa shape index (κ2) is 13.7. The third-order valence-corrected chi connectivity index (χ3v) is 4.83. The highest BCUT2D eigenvalue weighted by Crippen LogP contribution is 2.12. The van der Waals surface area contributed by atoms with Crippen molar-refractivity contribution in [3.8, 4) is 0 Å². The van der Waals surface area contributed by atoms with E-state index in [9.17, 15) is 19.2 Å². The van der Waals surface area contributed by atoms with Gasteiger partial charge in [0.25, 0.3) is 0 Å². The molecule has 0 saturated heterocycles. The Kier molecular flexibility index (Phi) is 11.7. The zero-order chi connectivity index (χ0) is 23.3. The maximum Gasteiger partial charge on any atom is 0.408 e. The molecule has 31 heavy (non-hydrogen) atoms. The summed E-state index contributed by atoms with van der Waals surface area (Å²) in [6, 6.07) is 8.75. The van der Waals surface area contributed by atoms with Crippen molar-refractivity contribution in [1.29, 1.82) is 0 Å². The quantitative estimate of drug-likeness (QED) is 0.497. The molecule has 1 atom stereocenters. The van der Waals surface area contributed by atoms with E-state index in [2.05, 4.69) is 10.6 Å². The van der Waals surface area contributed by atoms with E-state index >= 15 is 0 Å². The lowest BCUT2D eigenvalue weighted by molar-refractivity contribution is -0.145. The van der Waals surface area contributed by atoms with E-state index in [-0.39, 0.29) is 36.2 Å². The number of esters is 1. The van der Waals surface area contributed by atoms with Crippen LogP contribution in [0.1, 0.15) is 46.1 Å². The van der Waals surface area contributed by atoms with Crippen LogP contribution in [0, 0.1) is 0 Å². The second-order valence-corrected chi connectivity index (χ2v) is 8.80. The molecule has 0 heterocycles. The fourth-order valence-electron chi connectivity index (χ4n) is 2.40. The maximum atomic E-state index is 12.1. The number of alkyl carbamates (subject to hydrolysis) is 1. The lowest BCUT2D eigenvalue weighted by atomic mass is 10.1. The van der Waals surface area contributed by atoms with Crippen LogP contribution in [0.15, 0.2) is 30.3 Å². The van der Waals surface area contributed by atoms with Crippen LogP contribution < -0.4 is 10.6 Å². The Morgan fingerprint density at radius 2 is 1.74 bits per heavy atom. The van der Waals surface area contributed by atoms with Crippen LogP contribution in [0.25, 0.3) is 0 Å². The minimum absolute atomic E-state index is 0.00741. The molecule has 0 bridgehead atoms. The van der Waals surface area contributed by atoms with Crippen molar-refractivity contribution in [1.82, 2.24) is 10.6 Å². The highest BCUT2D eigenvalue weighted by atomic mass is 32.2. The second-order valence-electron chi connectivity index (χ2n) is 7.72. The number of thioether (sulfide) groups is 1. The molecule has 8 nitrogen and oxygen atoms in total. The number of nitrogens with one attached hydrogen (secondary N) is 2. The molecule has 9 heteroatoms. The molecule has 1 unspecified atom stereocenters. The fourth-order valence-corrected chi connectivity index (χ4v) is 3.22. The summed E-state index contributed by atoms with van der Waals surface area (Å²) in [6.45, 7) is 7.40. The molecule has 2 amide bonds. The zero-order valence-electron chi connectivity index (χ0n) is 18.6. The van der Waals surface area contributed by atoms with Crippen LogP contribution >= 0.6 is 11.8 Å². The first kappa shape index (κ1) is 26.5. The van der Waals surface area contributed by atoms with Crippen molar-refractivity contribution in [3.05, 3.63) is 35.9 Å². The molecule has 172 valence electrons. The predicted octanol–water partition coefficient (Wildman–Crippen LogP) is 2.84.